The largest absolute Gasteiger partial charge is 0.314 e. The van der Waals surface area contributed by atoms with Crippen LogP contribution in [0.25, 0.3) is 0 Å². The summed E-state index contributed by atoms with van der Waals surface area (Å²) in [6.07, 6.45) is 0. The Morgan fingerprint density at radius 1 is 1.46 bits per heavy atom. The van der Waals surface area contributed by atoms with Crippen molar-refractivity contribution in [1.82, 2.24) is 5.06 Å². The molecule has 72 valence electrons. The summed E-state index contributed by atoms with van der Waals surface area (Å²) >= 11 is 3.03. The summed E-state index contributed by atoms with van der Waals surface area (Å²) in [6.45, 7) is -0.0534. The minimum atomic E-state index is -0.927. The molecular formula is C8H8BrF2NO. The van der Waals surface area contributed by atoms with E-state index in [1.165, 1.54) is 13.1 Å². The zero-order valence-corrected chi connectivity index (χ0v) is 8.48. The predicted molar refractivity (Wildman–Crippen MR) is 47.3 cm³/mol. The van der Waals surface area contributed by atoms with Gasteiger partial charge in [0.05, 0.1) is 6.54 Å². The lowest BCUT2D eigenvalue weighted by molar-refractivity contribution is -0.0739. The van der Waals surface area contributed by atoms with Gasteiger partial charge in [0.15, 0.2) is 11.6 Å². The van der Waals surface area contributed by atoms with Gasteiger partial charge in [-0.25, -0.2) is 8.78 Å². The van der Waals surface area contributed by atoms with Crippen LogP contribution in [0.2, 0.25) is 0 Å². The second-order valence-electron chi connectivity index (χ2n) is 2.68. The van der Waals surface area contributed by atoms with Crippen LogP contribution in [-0.4, -0.2) is 17.3 Å². The van der Waals surface area contributed by atoms with Gasteiger partial charge in [-0.15, -0.1) is 0 Å². The molecule has 1 N–H and O–H groups in total. The van der Waals surface area contributed by atoms with Gasteiger partial charge in [-0.2, -0.15) is 5.06 Å². The van der Waals surface area contributed by atoms with Gasteiger partial charge in [-0.3, -0.25) is 0 Å². The molecule has 1 rings (SSSR count). The Kier molecular flexibility index (Phi) is 3.35. The molecule has 0 fully saturated rings. The van der Waals surface area contributed by atoms with Crippen LogP contribution in [0.1, 0.15) is 5.56 Å². The van der Waals surface area contributed by atoms with Gasteiger partial charge in [0.2, 0.25) is 0 Å². The molecule has 0 saturated heterocycles. The van der Waals surface area contributed by atoms with Crippen molar-refractivity contribution in [3.05, 3.63) is 33.8 Å². The van der Waals surface area contributed by atoms with Crippen LogP contribution in [0, 0.1) is 11.6 Å². The van der Waals surface area contributed by atoms with Crippen molar-refractivity contribution in [2.24, 2.45) is 0 Å². The van der Waals surface area contributed by atoms with Crippen molar-refractivity contribution in [3.63, 3.8) is 0 Å². The second-order valence-corrected chi connectivity index (χ2v) is 3.59. The van der Waals surface area contributed by atoms with E-state index in [1.54, 1.807) is 0 Å². The monoisotopic (exact) mass is 251 g/mol. The Morgan fingerprint density at radius 2 is 2.08 bits per heavy atom. The summed E-state index contributed by atoms with van der Waals surface area (Å²) in [5.41, 5.74) is 0.108. The normalized spacial score (nSPS) is 10.9. The molecule has 0 spiro atoms. The molecule has 0 saturated carbocycles. The summed E-state index contributed by atoms with van der Waals surface area (Å²) in [7, 11) is 1.36. The zero-order valence-electron chi connectivity index (χ0n) is 6.89. The molecule has 0 atom stereocenters. The number of nitrogens with zero attached hydrogens (tertiary/aromatic N) is 1. The van der Waals surface area contributed by atoms with Gasteiger partial charge in [-0.1, -0.05) is 15.9 Å². The van der Waals surface area contributed by atoms with Crippen LogP contribution >= 0.6 is 15.9 Å². The van der Waals surface area contributed by atoms with E-state index in [1.807, 2.05) is 0 Å². The smallest absolute Gasteiger partial charge is 0.163 e. The fraction of sp³-hybridized carbons (Fsp3) is 0.250. The highest BCUT2D eigenvalue weighted by atomic mass is 79.9. The molecule has 13 heavy (non-hydrogen) atoms. The molecule has 2 nitrogen and oxygen atoms in total. The molecule has 0 bridgehead atoms. The maximum Gasteiger partial charge on any atom is 0.163 e. The minimum Gasteiger partial charge on any atom is -0.314 e. The van der Waals surface area contributed by atoms with Crippen LogP contribution in [0.4, 0.5) is 8.78 Å². The SMILES string of the molecule is CN(O)Cc1cc(Br)cc(F)c1F. The molecule has 1 aromatic carbocycles. The van der Waals surface area contributed by atoms with Crippen molar-refractivity contribution in [2.75, 3.05) is 7.05 Å². The van der Waals surface area contributed by atoms with Crippen LogP contribution < -0.4 is 0 Å². The number of hydroxylamine groups is 2. The molecule has 0 aliphatic rings. The minimum absolute atomic E-state index is 0.0534. The van der Waals surface area contributed by atoms with Gasteiger partial charge in [0, 0.05) is 17.1 Å². The molecule has 0 amide bonds. The van der Waals surface area contributed by atoms with Crippen molar-refractivity contribution in [1.29, 1.82) is 0 Å². The van der Waals surface area contributed by atoms with Crippen molar-refractivity contribution in [3.8, 4) is 0 Å². The van der Waals surface area contributed by atoms with Crippen molar-refractivity contribution < 1.29 is 14.0 Å². The van der Waals surface area contributed by atoms with E-state index in [-0.39, 0.29) is 12.1 Å². The number of rotatable bonds is 2. The number of benzene rings is 1. The molecule has 0 aliphatic carbocycles. The predicted octanol–water partition coefficient (Wildman–Crippen LogP) is 2.55. The number of hydrogen-bond acceptors (Lipinski definition) is 2. The standard InChI is InChI=1S/C8H8BrF2NO/c1-12(13)4-5-2-6(9)3-7(10)8(5)11/h2-3,13H,4H2,1H3. The zero-order chi connectivity index (χ0) is 10.0. The average Bonchev–Trinajstić information content (AvgIpc) is 1.98. The van der Waals surface area contributed by atoms with Crippen molar-refractivity contribution in [2.45, 2.75) is 6.54 Å². The van der Waals surface area contributed by atoms with E-state index in [0.29, 0.717) is 4.47 Å². The third-order valence-electron chi connectivity index (χ3n) is 1.47. The first-order valence-corrected chi connectivity index (χ1v) is 4.33. The summed E-state index contributed by atoms with van der Waals surface area (Å²) < 4.78 is 26.2. The van der Waals surface area contributed by atoms with Gasteiger partial charge >= 0.3 is 0 Å². The van der Waals surface area contributed by atoms with E-state index >= 15 is 0 Å². The number of halogens is 3. The van der Waals surface area contributed by atoms with Crippen LogP contribution in [-0.2, 0) is 6.54 Å². The van der Waals surface area contributed by atoms with E-state index < -0.39 is 11.6 Å². The molecule has 0 unspecified atom stereocenters. The topological polar surface area (TPSA) is 23.5 Å². The fourth-order valence-corrected chi connectivity index (χ4v) is 1.45. The first-order chi connectivity index (χ1) is 6.00. The molecule has 0 aromatic heterocycles. The third kappa shape index (κ3) is 2.72. The third-order valence-corrected chi connectivity index (χ3v) is 1.93. The van der Waals surface area contributed by atoms with Crippen LogP contribution in [0.15, 0.2) is 16.6 Å². The van der Waals surface area contributed by atoms with Gasteiger partial charge in [0.1, 0.15) is 0 Å². The Balaban J connectivity index is 3.05. The van der Waals surface area contributed by atoms with E-state index in [4.69, 9.17) is 5.21 Å². The molecule has 5 heteroatoms. The van der Waals surface area contributed by atoms with Crippen molar-refractivity contribution >= 4 is 15.9 Å². The average molecular weight is 252 g/mol. The maximum absolute atomic E-state index is 13.0. The molecule has 1 aromatic rings. The summed E-state index contributed by atoms with van der Waals surface area (Å²) in [5, 5.41) is 9.62. The van der Waals surface area contributed by atoms with Gasteiger partial charge < -0.3 is 5.21 Å². The summed E-state index contributed by atoms with van der Waals surface area (Å²) in [4.78, 5) is 0. The first-order valence-electron chi connectivity index (χ1n) is 3.54. The highest BCUT2D eigenvalue weighted by Crippen LogP contribution is 2.19. The lowest BCUT2D eigenvalue weighted by atomic mass is 10.2. The fourth-order valence-electron chi connectivity index (χ4n) is 0.971. The van der Waals surface area contributed by atoms with E-state index in [2.05, 4.69) is 15.9 Å². The number of hydrogen-bond donors (Lipinski definition) is 1. The Labute approximate surface area is 82.9 Å². The summed E-state index contributed by atoms with van der Waals surface area (Å²) in [5.74, 6) is -1.85. The quantitative estimate of drug-likeness (QED) is 0.645. The van der Waals surface area contributed by atoms with E-state index in [0.717, 1.165) is 11.1 Å². The lowest BCUT2D eigenvalue weighted by Crippen LogP contribution is -2.13. The Morgan fingerprint density at radius 3 is 2.62 bits per heavy atom. The lowest BCUT2D eigenvalue weighted by Gasteiger charge is -2.09. The molecule has 0 radical (unpaired) electrons. The Hall–Kier alpha value is -0.520. The maximum atomic E-state index is 13.0. The molecule has 0 aliphatic heterocycles. The van der Waals surface area contributed by atoms with Crippen LogP contribution in [0.3, 0.4) is 0 Å². The highest BCUT2D eigenvalue weighted by Gasteiger charge is 2.10. The summed E-state index contributed by atoms with van der Waals surface area (Å²) in [6, 6.07) is 2.46. The van der Waals surface area contributed by atoms with Gasteiger partial charge in [-0.05, 0) is 12.1 Å². The van der Waals surface area contributed by atoms with Gasteiger partial charge in [0.25, 0.3) is 0 Å². The second kappa shape index (κ2) is 4.13. The van der Waals surface area contributed by atoms with Crippen LogP contribution in [0.5, 0.6) is 0 Å². The Bertz CT molecular complexity index is 317. The molecule has 0 heterocycles. The van der Waals surface area contributed by atoms with E-state index in [9.17, 15) is 8.78 Å². The highest BCUT2D eigenvalue weighted by molar-refractivity contribution is 9.10. The molecular weight excluding hydrogens is 244 g/mol. The first kappa shape index (κ1) is 10.6.